The Balaban J connectivity index is 2.25. The fourth-order valence-corrected chi connectivity index (χ4v) is 2.87. The number of rotatable bonds is 1. The third-order valence-electron chi connectivity index (χ3n) is 3.64. The highest BCUT2D eigenvalue weighted by Crippen LogP contribution is 2.26. The Hall–Kier alpha value is -2.02. The number of anilines is 1. The Morgan fingerprint density at radius 3 is 2.40 bits per heavy atom. The van der Waals surface area contributed by atoms with Crippen molar-refractivity contribution in [1.29, 1.82) is 0 Å². The largest absolute Gasteiger partial charge is 0.380 e. The summed E-state index contributed by atoms with van der Waals surface area (Å²) in [5.41, 5.74) is 5.28. The molecule has 1 aliphatic carbocycles. The summed E-state index contributed by atoms with van der Waals surface area (Å²) in [5.74, 6) is 0. The third-order valence-corrected chi connectivity index (χ3v) is 3.64. The lowest BCUT2D eigenvalue weighted by molar-refractivity contribution is 0.633. The highest BCUT2D eigenvalue weighted by molar-refractivity contribution is 5.84. The van der Waals surface area contributed by atoms with Gasteiger partial charge in [-0.1, -0.05) is 36.4 Å². The second kappa shape index (κ2) is 4.52. The Labute approximate surface area is 120 Å². The van der Waals surface area contributed by atoms with Gasteiger partial charge in [0.2, 0.25) is 0 Å². The summed E-state index contributed by atoms with van der Waals surface area (Å²) >= 11 is 0. The molecular formula is C19H21N. The van der Waals surface area contributed by atoms with Gasteiger partial charge in [-0.25, -0.2) is 0 Å². The normalized spacial score (nSPS) is 13.7. The van der Waals surface area contributed by atoms with E-state index >= 15 is 0 Å². The van der Waals surface area contributed by atoms with Crippen LogP contribution in [-0.2, 0) is 0 Å². The number of fused-ring (bicyclic) bond motifs is 3. The van der Waals surface area contributed by atoms with Crippen LogP contribution in [0.25, 0.3) is 23.3 Å². The lowest BCUT2D eigenvalue weighted by Crippen LogP contribution is -2.34. The second-order valence-electron chi connectivity index (χ2n) is 6.38. The van der Waals surface area contributed by atoms with Crippen LogP contribution < -0.4 is 15.8 Å². The molecule has 0 aromatic heterocycles. The van der Waals surface area contributed by atoms with Gasteiger partial charge in [-0.15, -0.1) is 0 Å². The maximum atomic E-state index is 3.61. The summed E-state index contributed by atoms with van der Waals surface area (Å²) in [6.07, 6.45) is 4.50. The minimum Gasteiger partial charge on any atom is -0.380 e. The van der Waals surface area contributed by atoms with Gasteiger partial charge in [-0.05, 0) is 61.7 Å². The summed E-state index contributed by atoms with van der Waals surface area (Å²) in [6, 6.07) is 13.0. The Bertz CT molecular complexity index is 776. The summed E-state index contributed by atoms with van der Waals surface area (Å²) in [7, 11) is 0. The lowest BCUT2D eigenvalue weighted by Gasteiger charge is -2.23. The van der Waals surface area contributed by atoms with Crippen LogP contribution in [-0.4, -0.2) is 5.54 Å². The van der Waals surface area contributed by atoms with E-state index in [4.69, 9.17) is 0 Å². The fraction of sp³-hybridized carbons (Fsp3) is 0.263. The molecular weight excluding hydrogens is 242 g/mol. The molecule has 1 aliphatic rings. The second-order valence-corrected chi connectivity index (χ2v) is 6.38. The van der Waals surface area contributed by atoms with Crippen LogP contribution in [0.3, 0.4) is 0 Å². The molecule has 0 heterocycles. The van der Waals surface area contributed by atoms with Crippen molar-refractivity contribution in [2.24, 2.45) is 0 Å². The first-order chi connectivity index (χ1) is 9.49. The van der Waals surface area contributed by atoms with Gasteiger partial charge in [0.15, 0.2) is 0 Å². The Kier molecular flexibility index (Phi) is 2.93. The molecule has 1 N–H and O–H groups in total. The first-order valence-electron chi connectivity index (χ1n) is 7.18. The predicted octanol–water partition coefficient (Wildman–Crippen LogP) is 3.51. The van der Waals surface area contributed by atoms with Crippen molar-refractivity contribution in [2.75, 3.05) is 5.32 Å². The molecule has 0 atom stereocenters. The van der Waals surface area contributed by atoms with E-state index in [1.165, 1.54) is 32.8 Å². The van der Waals surface area contributed by atoms with E-state index in [-0.39, 0.29) is 5.54 Å². The van der Waals surface area contributed by atoms with E-state index in [1.807, 2.05) is 0 Å². The van der Waals surface area contributed by atoms with Gasteiger partial charge in [0, 0.05) is 16.4 Å². The monoisotopic (exact) mass is 263 g/mol. The topological polar surface area (TPSA) is 12.0 Å². The first kappa shape index (κ1) is 13.0. The molecule has 102 valence electrons. The van der Waals surface area contributed by atoms with Crippen molar-refractivity contribution in [2.45, 2.75) is 33.2 Å². The number of hydrogen-bond acceptors (Lipinski definition) is 1. The molecule has 0 bridgehead atoms. The summed E-state index contributed by atoms with van der Waals surface area (Å²) in [5, 5.41) is 6.24. The van der Waals surface area contributed by atoms with E-state index in [9.17, 15) is 0 Å². The molecule has 0 saturated carbocycles. The highest BCUT2D eigenvalue weighted by Gasteiger charge is 2.15. The molecule has 2 aromatic rings. The van der Waals surface area contributed by atoms with E-state index in [2.05, 4.69) is 81.6 Å². The van der Waals surface area contributed by atoms with Gasteiger partial charge < -0.3 is 5.32 Å². The summed E-state index contributed by atoms with van der Waals surface area (Å²) in [4.78, 5) is 0. The molecule has 1 heteroatoms. The van der Waals surface area contributed by atoms with Gasteiger partial charge in [0.25, 0.3) is 0 Å². The van der Waals surface area contributed by atoms with Gasteiger partial charge in [-0.3, -0.25) is 0 Å². The number of nitrogens with one attached hydrogen (secondary N) is 1. The minimum atomic E-state index is 0.0669. The van der Waals surface area contributed by atoms with Gasteiger partial charge in [0.05, 0.1) is 0 Å². The zero-order chi connectivity index (χ0) is 14.3. The van der Waals surface area contributed by atoms with Crippen LogP contribution in [0.2, 0.25) is 0 Å². The highest BCUT2D eigenvalue weighted by atomic mass is 14.9. The summed E-state index contributed by atoms with van der Waals surface area (Å²) < 4.78 is 0. The van der Waals surface area contributed by atoms with Crippen LogP contribution in [0.1, 0.15) is 33.3 Å². The molecule has 0 spiro atoms. The van der Waals surface area contributed by atoms with Crippen LogP contribution >= 0.6 is 0 Å². The standard InChI is InChI=1S/C19H21N/c1-5-14-17-12-13-8-6-7-9-15(13)16(17)10-11-18(14)20-19(2,3)4/h5-12,20H,1-4H3. The van der Waals surface area contributed by atoms with Crippen LogP contribution in [0.4, 0.5) is 5.69 Å². The molecule has 0 saturated heterocycles. The first-order valence-corrected chi connectivity index (χ1v) is 7.18. The van der Waals surface area contributed by atoms with Crippen molar-refractivity contribution >= 4 is 17.8 Å². The Morgan fingerprint density at radius 1 is 0.950 bits per heavy atom. The van der Waals surface area contributed by atoms with Crippen molar-refractivity contribution < 1.29 is 0 Å². The maximum absolute atomic E-state index is 3.61. The third kappa shape index (κ3) is 2.14. The molecule has 0 fully saturated rings. The van der Waals surface area contributed by atoms with Crippen molar-refractivity contribution in [3.8, 4) is 11.1 Å². The zero-order valence-corrected chi connectivity index (χ0v) is 12.6. The van der Waals surface area contributed by atoms with Crippen LogP contribution in [0, 0.1) is 0 Å². The molecule has 0 unspecified atom stereocenters. The van der Waals surface area contributed by atoms with E-state index in [0.29, 0.717) is 0 Å². The smallest absolute Gasteiger partial charge is 0.0420 e. The van der Waals surface area contributed by atoms with Crippen molar-refractivity contribution in [3.63, 3.8) is 0 Å². The SMILES string of the molecule is CC=c1c(NC(C)(C)C)ccc2c1=Cc1ccccc1-2. The average Bonchev–Trinajstić information content (AvgIpc) is 2.75. The molecule has 20 heavy (non-hydrogen) atoms. The minimum absolute atomic E-state index is 0.0669. The van der Waals surface area contributed by atoms with Crippen molar-refractivity contribution in [1.82, 2.24) is 0 Å². The van der Waals surface area contributed by atoms with E-state index < -0.39 is 0 Å². The van der Waals surface area contributed by atoms with Crippen LogP contribution in [0.15, 0.2) is 36.4 Å². The Morgan fingerprint density at radius 2 is 1.70 bits per heavy atom. The fourth-order valence-electron chi connectivity index (χ4n) is 2.87. The van der Waals surface area contributed by atoms with E-state index in [1.54, 1.807) is 0 Å². The zero-order valence-electron chi connectivity index (χ0n) is 12.6. The van der Waals surface area contributed by atoms with Gasteiger partial charge >= 0.3 is 0 Å². The quantitative estimate of drug-likeness (QED) is 0.708. The molecule has 3 rings (SSSR count). The average molecular weight is 263 g/mol. The number of benzene rings is 2. The predicted molar refractivity (Wildman–Crippen MR) is 88.2 cm³/mol. The lowest BCUT2D eigenvalue weighted by atomic mass is 10.0. The maximum Gasteiger partial charge on any atom is 0.0420 e. The van der Waals surface area contributed by atoms with Crippen molar-refractivity contribution in [3.05, 3.63) is 52.4 Å². The summed E-state index contributed by atoms with van der Waals surface area (Å²) in [6.45, 7) is 8.69. The van der Waals surface area contributed by atoms with Crippen LogP contribution in [0.5, 0.6) is 0 Å². The molecule has 0 amide bonds. The van der Waals surface area contributed by atoms with Gasteiger partial charge in [-0.2, -0.15) is 0 Å². The van der Waals surface area contributed by atoms with E-state index in [0.717, 1.165) is 0 Å². The molecule has 2 aromatic carbocycles. The molecule has 1 nitrogen and oxygen atoms in total. The number of hydrogen-bond donors (Lipinski definition) is 1. The van der Waals surface area contributed by atoms with Gasteiger partial charge in [0.1, 0.15) is 0 Å². The molecule has 0 radical (unpaired) electrons. The molecule has 0 aliphatic heterocycles.